The molecule has 0 aliphatic rings. The molecule has 0 aromatic carbocycles. The molecule has 0 aliphatic carbocycles. The first kappa shape index (κ1) is 18.6. The van der Waals surface area contributed by atoms with Gasteiger partial charge in [-0.2, -0.15) is 11.8 Å². The van der Waals surface area contributed by atoms with Crippen LogP contribution in [-0.2, 0) is 4.74 Å². The third kappa shape index (κ3) is 9.16. The maximum absolute atomic E-state index is 5.52. The lowest BCUT2D eigenvalue weighted by atomic mass is 9.89. The van der Waals surface area contributed by atoms with Gasteiger partial charge < -0.3 is 15.4 Å². The number of methoxy groups -OCH3 is 1. The second-order valence-corrected chi connectivity index (χ2v) is 6.57. The highest BCUT2D eigenvalue weighted by Crippen LogP contribution is 2.21. The summed E-state index contributed by atoms with van der Waals surface area (Å²) in [4.78, 5) is 4.61. The standard InChI is InChI=1S/C14H31N3OS/c1-7-15-13(16-9-8-10-19-6)17-11-12(18-5)14(2,3)4/h12H,7-11H2,1-6H3,(H2,15,16,17). The molecule has 0 fully saturated rings. The second kappa shape index (κ2) is 10.4. The average Bonchev–Trinajstić information content (AvgIpc) is 2.33. The Morgan fingerprint density at radius 1 is 1.32 bits per heavy atom. The first-order valence-corrected chi connectivity index (χ1v) is 8.39. The van der Waals surface area contributed by atoms with E-state index in [1.807, 2.05) is 11.8 Å². The maximum atomic E-state index is 5.52. The van der Waals surface area contributed by atoms with E-state index in [0.717, 1.165) is 25.5 Å². The zero-order valence-corrected chi connectivity index (χ0v) is 14.2. The van der Waals surface area contributed by atoms with E-state index < -0.39 is 0 Å². The minimum Gasteiger partial charge on any atom is -0.379 e. The fourth-order valence-corrected chi connectivity index (χ4v) is 2.07. The molecule has 19 heavy (non-hydrogen) atoms. The second-order valence-electron chi connectivity index (χ2n) is 5.58. The highest BCUT2D eigenvalue weighted by atomic mass is 32.2. The summed E-state index contributed by atoms with van der Waals surface area (Å²) in [5.74, 6) is 2.06. The lowest BCUT2D eigenvalue weighted by Crippen LogP contribution is -2.39. The minimum atomic E-state index is 0.106. The number of hydrogen-bond acceptors (Lipinski definition) is 3. The van der Waals surface area contributed by atoms with Gasteiger partial charge in [-0.3, -0.25) is 4.99 Å². The smallest absolute Gasteiger partial charge is 0.191 e. The van der Waals surface area contributed by atoms with E-state index >= 15 is 0 Å². The van der Waals surface area contributed by atoms with Crippen LogP contribution in [0.2, 0.25) is 0 Å². The number of nitrogens with one attached hydrogen (secondary N) is 2. The molecule has 0 aromatic rings. The fraction of sp³-hybridized carbons (Fsp3) is 0.929. The number of aliphatic imine (C=N–C) groups is 1. The number of guanidine groups is 1. The summed E-state index contributed by atoms with van der Waals surface area (Å²) in [6.07, 6.45) is 3.42. The third-order valence-corrected chi connectivity index (χ3v) is 3.52. The summed E-state index contributed by atoms with van der Waals surface area (Å²) in [6.45, 7) is 11.1. The zero-order chi connectivity index (χ0) is 14.7. The molecule has 4 nitrogen and oxygen atoms in total. The van der Waals surface area contributed by atoms with Crippen molar-refractivity contribution in [2.75, 3.05) is 38.8 Å². The Balaban J connectivity index is 4.30. The molecular formula is C14H31N3OS. The Labute approximate surface area is 123 Å². The summed E-state index contributed by atoms with van der Waals surface area (Å²) in [5, 5.41) is 6.62. The Kier molecular flexibility index (Phi) is 10.1. The summed E-state index contributed by atoms with van der Waals surface area (Å²) in [7, 11) is 1.75. The van der Waals surface area contributed by atoms with Gasteiger partial charge in [-0.1, -0.05) is 20.8 Å². The molecule has 0 aliphatic heterocycles. The summed E-state index contributed by atoms with van der Waals surface area (Å²) >= 11 is 1.87. The van der Waals surface area contributed by atoms with Gasteiger partial charge in [-0.15, -0.1) is 0 Å². The normalized spacial score (nSPS) is 14.3. The van der Waals surface area contributed by atoms with Crippen molar-refractivity contribution >= 4 is 17.7 Å². The van der Waals surface area contributed by atoms with E-state index in [1.54, 1.807) is 7.11 Å². The van der Waals surface area contributed by atoms with E-state index in [0.29, 0.717) is 6.54 Å². The van der Waals surface area contributed by atoms with Crippen molar-refractivity contribution in [1.29, 1.82) is 0 Å². The monoisotopic (exact) mass is 289 g/mol. The molecule has 1 unspecified atom stereocenters. The Bertz CT molecular complexity index is 252. The molecule has 0 amide bonds. The van der Waals surface area contributed by atoms with Crippen LogP contribution in [0.3, 0.4) is 0 Å². The van der Waals surface area contributed by atoms with Crippen LogP contribution in [0.4, 0.5) is 0 Å². The van der Waals surface area contributed by atoms with E-state index in [2.05, 4.69) is 49.6 Å². The average molecular weight is 289 g/mol. The molecule has 0 spiro atoms. The summed E-state index contributed by atoms with van der Waals surface area (Å²) < 4.78 is 5.52. The van der Waals surface area contributed by atoms with Gasteiger partial charge >= 0.3 is 0 Å². The Hall–Kier alpha value is -0.420. The number of ether oxygens (including phenoxy) is 1. The molecule has 2 N–H and O–H groups in total. The molecule has 0 radical (unpaired) electrons. The van der Waals surface area contributed by atoms with Crippen LogP contribution in [0.1, 0.15) is 34.1 Å². The van der Waals surface area contributed by atoms with Gasteiger partial charge in [0.2, 0.25) is 0 Å². The fourth-order valence-electron chi connectivity index (χ4n) is 1.64. The van der Waals surface area contributed by atoms with Crippen molar-refractivity contribution in [2.45, 2.75) is 40.2 Å². The molecule has 0 bridgehead atoms. The first-order chi connectivity index (χ1) is 8.95. The summed E-state index contributed by atoms with van der Waals surface area (Å²) in [5.41, 5.74) is 0.106. The Morgan fingerprint density at radius 3 is 2.47 bits per heavy atom. The quantitative estimate of drug-likeness (QED) is 0.409. The molecule has 0 heterocycles. The molecular weight excluding hydrogens is 258 g/mol. The number of thioether (sulfide) groups is 1. The van der Waals surface area contributed by atoms with Gasteiger partial charge in [0.15, 0.2) is 5.96 Å². The largest absolute Gasteiger partial charge is 0.379 e. The molecule has 0 aromatic heterocycles. The maximum Gasteiger partial charge on any atom is 0.191 e. The minimum absolute atomic E-state index is 0.106. The number of hydrogen-bond donors (Lipinski definition) is 2. The summed E-state index contributed by atoms with van der Waals surface area (Å²) in [6, 6.07) is 0. The van der Waals surface area contributed by atoms with Crippen LogP contribution in [-0.4, -0.2) is 50.8 Å². The van der Waals surface area contributed by atoms with Gasteiger partial charge in [0, 0.05) is 20.2 Å². The lowest BCUT2D eigenvalue weighted by molar-refractivity contribution is 0.0241. The van der Waals surface area contributed by atoms with Crippen LogP contribution in [0.25, 0.3) is 0 Å². The molecule has 114 valence electrons. The van der Waals surface area contributed by atoms with Gasteiger partial charge in [-0.05, 0) is 30.8 Å². The Morgan fingerprint density at radius 2 is 2.00 bits per heavy atom. The number of nitrogens with zero attached hydrogens (tertiary/aromatic N) is 1. The SMILES string of the molecule is CCNC(=NCC(OC)C(C)(C)C)NCCCSC. The predicted octanol–water partition coefficient (Wildman–Crippen LogP) is 2.36. The van der Waals surface area contributed by atoms with Crippen LogP contribution >= 0.6 is 11.8 Å². The van der Waals surface area contributed by atoms with Gasteiger partial charge in [0.05, 0.1) is 12.6 Å². The van der Waals surface area contributed by atoms with Crippen molar-refractivity contribution in [2.24, 2.45) is 10.4 Å². The first-order valence-electron chi connectivity index (χ1n) is 6.99. The third-order valence-electron chi connectivity index (χ3n) is 2.83. The van der Waals surface area contributed by atoms with Crippen molar-refractivity contribution in [3.8, 4) is 0 Å². The van der Waals surface area contributed by atoms with Crippen molar-refractivity contribution in [1.82, 2.24) is 10.6 Å². The van der Waals surface area contributed by atoms with Crippen molar-refractivity contribution < 1.29 is 4.74 Å². The lowest BCUT2D eigenvalue weighted by Gasteiger charge is -2.28. The van der Waals surface area contributed by atoms with Gasteiger partial charge in [0.25, 0.3) is 0 Å². The van der Waals surface area contributed by atoms with Crippen LogP contribution in [0.5, 0.6) is 0 Å². The van der Waals surface area contributed by atoms with Crippen LogP contribution < -0.4 is 10.6 Å². The topological polar surface area (TPSA) is 45.7 Å². The molecule has 1 atom stereocenters. The molecule has 0 rings (SSSR count). The van der Waals surface area contributed by atoms with E-state index in [1.165, 1.54) is 5.75 Å². The zero-order valence-electron chi connectivity index (χ0n) is 13.4. The number of rotatable bonds is 8. The van der Waals surface area contributed by atoms with Gasteiger partial charge in [-0.25, -0.2) is 0 Å². The van der Waals surface area contributed by atoms with Gasteiger partial charge in [0.1, 0.15) is 0 Å². The molecule has 5 heteroatoms. The predicted molar refractivity (Wildman–Crippen MR) is 87.2 cm³/mol. The van der Waals surface area contributed by atoms with Crippen molar-refractivity contribution in [3.05, 3.63) is 0 Å². The highest BCUT2D eigenvalue weighted by Gasteiger charge is 2.23. The molecule has 0 saturated heterocycles. The van der Waals surface area contributed by atoms with Crippen LogP contribution in [0, 0.1) is 5.41 Å². The van der Waals surface area contributed by atoms with E-state index in [4.69, 9.17) is 4.74 Å². The van der Waals surface area contributed by atoms with Crippen molar-refractivity contribution in [3.63, 3.8) is 0 Å². The molecule has 0 saturated carbocycles. The van der Waals surface area contributed by atoms with E-state index in [-0.39, 0.29) is 11.5 Å². The van der Waals surface area contributed by atoms with E-state index in [9.17, 15) is 0 Å². The highest BCUT2D eigenvalue weighted by molar-refractivity contribution is 7.98. The van der Waals surface area contributed by atoms with Crippen LogP contribution in [0.15, 0.2) is 4.99 Å².